The molecular weight excluding hydrogens is 300 g/mol. The van der Waals surface area contributed by atoms with Crippen LogP contribution in [0.5, 0.6) is 11.5 Å². The Labute approximate surface area is 144 Å². The molecule has 2 unspecified atom stereocenters. The van der Waals surface area contributed by atoms with Gasteiger partial charge in [-0.15, -0.1) is 0 Å². The van der Waals surface area contributed by atoms with E-state index in [1.807, 2.05) is 74.5 Å². The number of ketones is 1. The van der Waals surface area contributed by atoms with Crippen LogP contribution in [0.15, 0.2) is 60.7 Å². The molecule has 0 radical (unpaired) electrons. The Morgan fingerprint density at radius 2 is 1.12 bits per heavy atom. The normalized spacial score (nSPS) is 13.1. The van der Waals surface area contributed by atoms with Crippen LogP contribution in [-0.2, 0) is 4.79 Å². The first kappa shape index (κ1) is 18.1. The van der Waals surface area contributed by atoms with Gasteiger partial charge in [0.15, 0.2) is 0 Å². The lowest BCUT2D eigenvalue weighted by atomic mass is 9.91. The number of carbonyl (C=O) groups excluding carboxylic acids is 1. The molecule has 2 atom stereocenters. The van der Waals surface area contributed by atoms with E-state index in [0.717, 1.165) is 24.3 Å². The van der Waals surface area contributed by atoms with Crippen molar-refractivity contribution in [2.45, 2.75) is 26.7 Å². The molecule has 128 valence electrons. The SMILES string of the molecule is CC(CCOc1ccccc1)C(=O)C(C)CCOc1ccccc1. The standard InChI is InChI=1S/C21H26O3/c1-17(13-15-23-19-9-5-3-6-10-19)21(22)18(2)14-16-24-20-11-7-4-8-12-20/h3-12,17-18H,13-16H2,1-2H3. The molecule has 2 aromatic rings. The molecule has 0 saturated heterocycles. The number of benzene rings is 2. The topological polar surface area (TPSA) is 35.5 Å². The first-order valence-corrected chi connectivity index (χ1v) is 8.56. The van der Waals surface area contributed by atoms with Crippen molar-refractivity contribution >= 4 is 5.78 Å². The average molecular weight is 326 g/mol. The Morgan fingerprint density at radius 1 is 0.750 bits per heavy atom. The van der Waals surface area contributed by atoms with Gasteiger partial charge in [-0.05, 0) is 37.1 Å². The summed E-state index contributed by atoms with van der Waals surface area (Å²) in [6.07, 6.45) is 1.47. The fourth-order valence-corrected chi connectivity index (χ4v) is 2.51. The fourth-order valence-electron chi connectivity index (χ4n) is 2.51. The van der Waals surface area contributed by atoms with E-state index in [2.05, 4.69) is 0 Å². The smallest absolute Gasteiger partial charge is 0.138 e. The molecular formula is C21H26O3. The van der Waals surface area contributed by atoms with Gasteiger partial charge in [-0.3, -0.25) is 4.79 Å². The lowest BCUT2D eigenvalue weighted by molar-refractivity contribution is -0.126. The van der Waals surface area contributed by atoms with Crippen LogP contribution in [0.2, 0.25) is 0 Å². The predicted molar refractivity (Wildman–Crippen MR) is 96.4 cm³/mol. The molecule has 0 N–H and O–H groups in total. The van der Waals surface area contributed by atoms with Crippen LogP contribution in [0.1, 0.15) is 26.7 Å². The van der Waals surface area contributed by atoms with Crippen molar-refractivity contribution < 1.29 is 14.3 Å². The van der Waals surface area contributed by atoms with Gasteiger partial charge in [-0.2, -0.15) is 0 Å². The summed E-state index contributed by atoms with van der Waals surface area (Å²) >= 11 is 0. The first-order chi connectivity index (χ1) is 11.7. The molecule has 0 aliphatic heterocycles. The summed E-state index contributed by atoms with van der Waals surface area (Å²) in [5.41, 5.74) is 0. The minimum absolute atomic E-state index is 0.000405. The Bertz CT molecular complexity index is 541. The van der Waals surface area contributed by atoms with Gasteiger partial charge in [0, 0.05) is 11.8 Å². The average Bonchev–Trinajstić information content (AvgIpc) is 2.62. The van der Waals surface area contributed by atoms with Gasteiger partial charge in [0.05, 0.1) is 13.2 Å². The second kappa shape index (κ2) is 9.76. The molecule has 3 heteroatoms. The zero-order valence-corrected chi connectivity index (χ0v) is 14.5. The lowest BCUT2D eigenvalue weighted by Gasteiger charge is -2.17. The Morgan fingerprint density at radius 3 is 1.50 bits per heavy atom. The maximum atomic E-state index is 12.4. The quantitative estimate of drug-likeness (QED) is 0.631. The molecule has 2 aromatic carbocycles. The second-order valence-corrected chi connectivity index (χ2v) is 6.10. The molecule has 0 bridgehead atoms. The number of carbonyl (C=O) groups is 1. The molecule has 0 amide bonds. The summed E-state index contributed by atoms with van der Waals surface area (Å²) < 4.78 is 11.3. The van der Waals surface area contributed by atoms with E-state index in [-0.39, 0.29) is 17.6 Å². The Balaban J connectivity index is 1.65. The van der Waals surface area contributed by atoms with Gasteiger partial charge in [-0.25, -0.2) is 0 Å². The van der Waals surface area contributed by atoms with E-state index in [4.69, 9.17) is 9.47 Å². The van der Waals surface area contributed by atoms with E-state index in [1.165, 1.54) is 0 Å². The van der Waals surface area contributed by atoms with Crippen LogP contribution >= 0.6 is 0 Å². The highest BCUT2D eigenvalue weighted by Gasteiger charge is 2.20. The summed E-state index contributed by atoms with van der Waals surface area (Å²) in [5.74, 6) is 1.98. The molecule has 0 fully saturated rings. The molecule has 0 aliphatic carbocycles. The number of hydrogen-bond acceptors (Lipinski definition) is 3. The molecule has 0 spiro atoms. The van der Waals surface area contributed by atoms with Crippen LogP contribution in [-0.4, -0.2) is 19.0 Å². The summed E-state index contributed by atoms with van der Waals surface area (Å²) in [5, 5.41) is 0. The van der Waals surface area contributed by atoms with Gasteiger partial charge in [0.25, 0.3) is 0 Å². The van der Waals surface area contributed by atoms with Crippen molar-refractivity contribution in [3.8, 4) is 11.5 Å². The number of ether oxygens (including phenoxy) is 2. The van der Waals surface area contributed by atoms with Gasteiger partial charge in [0.2, 0.25) is 0 Å². The highest BCUT2D eigenvalue weighted by atomic mass is 16.5. The maximum Gasteiger partial charge on any atom is 0.138 e. The number of para-hydroxylation sites is 2. The van der Waals surface area contributed by atoms with E-state index >= 15 is 0 Å². The molecule has 0 aromatic heterocycles. The van der Waals surface area contributed by atoms with Crippen LogP contribution in [0.3, 0.4) is 0 Å². The van der Waals surface area contributed by atoms with Crippen molar-refractivity contribution in [2.24, 2.45) is 11.8 Å². The summed E-state index contributed by atoms with van der Waals surface area (Å²) in [6.45, 7) is 5.07. The van der Waals surface area contributed by atoms with Crippen molar-refractivity contribution in [3.05, 3.63) is 60.7 Å². The third-order valence-electron chi connectivity index (χ3n) is 4.10. The predicted octanol–water partition coefficient (Wildman–Crippen LogP) is 4.77. The maximum absolute atomic E-state index is 12.4. The van der Waals surface area contributed by atoms with Crippen LogP contribution < -0.4 is 9.47 Å². The number of Topliss-reactive ketones (excluding diaryl/α,β-unsaturated/α-hetero) is 1. The largest absolute Gasteiger partial charge is 0.494 e. The van der Waals surface area contributed by atoms with Gasteiger partial charge in [0.1, 0.15) is 17.3 Å². The summed E-state index contributed by atoms with van der Waals surface area (Å²) in [6, 6.07) is 19.4. The van der Waals surface area contributed by atoms with E-state index < -0.39 is 0 Å². The molecule has 2 rings (SSSR count). The molecule has 0 saturated carbocycles. The van der Waals surface area contributed by atoms with Gasteiger partial charge in [-0.1, -0.05) is 50.2 Å². The fraction of sp³-hybridized carbons (Fsp3) is 0.381. The molecule has 0 aliphatic rings. The number of rotatable bonds is 10. The molecule has 0 heterocycles. The van der Waals surface area contributed by atoms with Crippen LogP contribution in [0, 0.1) is 11.8 Å². The zero-order chi connectivity index (χ0) is 17.2. The number of hydrogen-bond donors (Lipinski definition) is 0. The van der Waals surface area contributed by atoms with Crippen LogP contribution in [0.25, 0.3) is 0 Å². The Kier molecular flexibility index (Phi) is 7.34. The van der Waals surface area contributed by atoms with Crippen molar-refractivity contribution in [1.29, 1.82) is 0 Å². The zero-order valence-electron chi connectivity index (χ0n) is 14.5. The minimum atomic E-state index is 0.000405. The second-order valence-electron chi connectivity index (χ2n) is 6.10. The molecule has 24 heavy (non-hydrogen) atoms. The highest BCUT2D eigenvalue weighted by Crippen LogP contribution is 2.17. The van der Waals surface area contributed by atoms with Crippen molar-refractivity contribution in [3.63, 3.8) is 0 Å². The van der Waals surface area contributed by atoms with Crippen molar-refractivity contribution in [1.82, 2.24) is 0 Å². The molecule has 3 nitrogen and oxygen atoms in total. The van der Waals surface area contributed by atoms with Crippen LogP contribution in [0.4, 0.5) is 0 Å². The van der Waals surface area contributed by atoms with Gasteiger partial charge >= 0.3 is 0 Å². The monoisotopic (exact) mass is 326 g/mol. The van der Waals surface area contributed by atoms with E-state index in [0.29, 0.717) is 13.2 Å². The Hall–Kier alpha value is -2.29. The van der Waals surface area contributed by atoms with Crippen molar-refractivity contribution in [2.75, 3.05) is 13.2 Å². The van der Waals surface area contributed by atoms with E-state index in [9.17, 15) is 4.79 Å². The minimum Gasteiger partial charge on any atom is -0.494 e. The highest BCUT2D eigenvalue weighted by molar-refractivity contribution is 5.82. The summed E-state index contributed by atoms with van der Waals surface area (Å²) in [4.78, 5) is 12.4. The summed E-state index contributed by atoms with van der Waals surface area (Å²) in [7, 11) is 0. The first-order valence-electron chi connectivity index (χ1n) is 8.56. The van der Waals surface area contributed by atoms with E-state index in [1.54, 1.807) is 0 Å². The van der Waals surface area contributed by atoms with Gasteiger partial charge < -0.3 is 9.47 Å². The third-order valence-corrected chi connectivity index (χ3v) is 4.10. The third kappa shape index (κ3) is 6.07. The lowest BCUT2D eigenvalue weighted by Crippen LogP contribution is -2.22.